The van der Waals surface area contributed by atoms with Crippen LogP contribution in [0.15, 0.2) is 18.2 Å². The van der Waals surface area contributed by atoms with Crippen LogP contribution in [0.25, 0.3) is 10.9 Å². The highest BCUT2D eigenvalue weighted by Crippen LogP contribution is 2.19. The van der Waals surface area contributed by atoms with E-state index in [0.29, 0.717) is 12.1 Å². The first-order valence-corrected chi connectivity index (χ1v) is 5.08. The van der Waals surface area contributed by atoms with Crippen molar-refractivity contribution in [2.45, 2.75) is 20.4 Å². The van der Waals surface area contributed by atoms with Crippen LogP contribution in [0.1, 0.15) is 18.2 Å². The Kier molecular flexibility index (Phi) is 2.64. The van der Waals surface area contributed by atoms with Gasteiger partial charge in [0, 0.05) is 23.5 Å². The summed E-state index contributed by atoms with van der Waals surface area (Å²) in [6.07, 6.45) is 0. The first kappa shape index (κ1) is 10.7. The molecule has 0 saturated heterocycles. The van der Waals surface area contributed by atoms with E-state index in [1.54, 1.807) is 13.0 Å². The number of H-pyrrole nitrogens is 1. The molecule has 0 spiro atoms. The molecule has 16 heavy (non-hydrogen) atoms. The van der Waals surface area contributed by atoms with E-state index in [9.17, 15) is 9.18 Å². The van der Waals surface area contributed by atoms with Crippen molar-refractivity contribution in [2.24, 2.45) is 0 Å². The Morgan fingerprint density at radius 2 is 2.19 bits per heavy atom. The van der Waals surface area contributed by atoms with Gasteiger partial charge in [-0.3, -0.25) is 4.79 Å². The van der Waals surface area contributed by atoms with E-state index in [4.69, 9.17) is 0 Å². The molecular formula is C12H13FN2O. The number of benzene rings is 1. The van der Waals surface area contributed by atoms with Crippen LogP contribution in [0.3, 0.4) is 0 Å². The van der Waals surface area contributed by atoms with Gasteiger partial charge in [-0.25, -0.2) is 4.39 Å². The first-order chi connectivity index (χ1) is 7.56. The minimum Gasteiger partial charge on any atom is -0.357 e. The van der Waals surface area contributed by atoms with Gasteiger partial charge in [-0.05, 0) is 30.7 Å². The van der Waals surface area contributed by atoms with Gasteiger partial charge in [0.2, 0.25) is 5.91 Å². The van der Waals surface area contributed by atoms with Gasteiger partial charge < -0.3 is 10.3 Å². The van der Waals surface area contributed by atoms with E-state index in [0.717, 1.165) is 16.6 Å². The molecule has 2 aromatic rings. The Bertz CT molecular complexity index is 506. The van der Waals surface area contributed by atoms with Crippen molar-refractivity contribution in [1.29, 1.82) is 0 Å². The molecule has 0 unspecified atom stereocenters. The Morgan fingerprint density at radius 3 is 2.88 bits per heavy atom. The van der Waals surface area contributed by atoms with Crippen molar-refractivity contribution in [2.75, 3.05) is 0 Å². The summed E-state index contributed by atoms with van der Waals surface area (Å²) in [5.41, 5.74) is 2.37. The number of carbonyl (C=O) groups excluding carboxylic acids is 1. The molecule has 2 N–H and O–H groups in total. The molecule has 1 aromatic heterocycles. The van der Waals surface area contributed by atoms with E-state index in [-0.39, 0.29) is 11.7 Å². The highest BCUT2D eigenvalue weighted by molar-refractivity contribution is 5.81. The summed E-state index contributed by atoms with van der Waals surface area (Å²) in [4.78, 5) is 13.9. The van der Waals surface area contributed by atoms with Gasteiger partial charge in [-0.2, -0.15) is 0 Å². The lowest BCUT2D eigenvalue weighted by Crippen LogP contribution is -2.18. The molecular weight excluding hydrogens is 207 g/mol. The average Bonchev–Trinajstić information content (AvgIpc) is 2.58. The number of aromatic nitrogens is 1. The van der Waals surface area contributed by atoms with Crippen molar-refractivity contribution in [3.8, 4) is 0 Å². The minimum absolute atomic E-state index is 0.0824. The van der Waals surface area contributed by atoms with Crippen molar-refractivity contribution >= 4 is 16.8 Å². The van der Waals surface area contributed by atoms with Gasteiger partial charge in [0.15, 0.2) is 0 Å². The molecule has 84 valence electrons. The molecule has 0 saturated carbocycles. The molecule has 1 heterocycles. The highest BCUT2D eigenvalue weighted by Gasteiger charge is 2.05. The zero-order valence-electron chi connectivity index (χ0n) is 9.23. The number of hydrogen-bond donors (Lipinski definition) is 2. The van der Waals surface area contributed by atoms with Crippen molar-refractivity contribution in [3.05, 3.63) is 35.3 Å². The van der Waals surface area contributed by atoms with Crippen LogP contribution in [0.5, 0.6) is 0 Å². The van der Waals surface area contributed by atoms with Gasteiger partial charge in [0.1, 0.15) is 5.82 Å². The second-order valence-corrected chi connectivity index (χ2v) is 3.89. The maximum absolute atomic E-state index is 13.3. The third kappa shape index (κ3) is 2.05. The smallest absolute Gasteiger partial charge is 0.217 e. The van der Waals surface area contributed by atoms with E-state index < -0.39 is 0 Å². The molecule has 0 bridgehead atoms. The van der Waals surface area contributed by atoms with E-state index in [1.165, 1.54) is 13.0 Å². The van der Waals surface area contributed by atoms with Crippen molar-refractivity contribution < 1.29 is 9.18 Å². The molecule has 1 amide bonds. The topological polar surface area (TPSA) is 44.9 Å². The molecule has 4 heteroatoms. The van der Waals surface area contributed by atoms with Crippen molar-refractivity contribution in [3.63, 3.8) is 0 Å². The maximum Gasteiger partial charge on any atom is 0.217 e. The quantitative estimate of drug-likeness (QED) is 0.801. The number of halogens is 1. The number of aryl methyl sites for hydroxylation is 1. The summed E-state index contributed by atoms with van der Waals surface area (Å²) in [6, 6.07) is 5.11. The van der Waals surface area contributed by atoms with Crippen LogP contribution in [0, 0.1) is 12.7 Å². The van der Waals surface area contributed by atoms with Gasteiger partial charge in [-0.1, -0.05) is 0 Å². The monoisotopic (exact) mass is 220 g/mol. The predicted octanol–water partition coefficient (Wildman–Crippen LogP) is 2.25. The van der Waals surface area contributed by atoms with Crippen LogP contribution >= 0.6 is 0 Å². The summed E-state index contributed by atoms with van der Waals surface area (Å²) in [7, 11) is 0. The molecule has 0 atom stereocenters. The summed E-state index contributed by atoms with van der Waals surface area (Å²) in [5, 5.41) is 3.51. The highest BCUT2D eigenvalue weighted by atomic mass is 19.1. The summed E-state index contributed by atoms with van der Waals surface area (Å²) < 4.78 is 13.3. The molecule has 0 aliphatic rings. The summed E-state index contributed by atoms with van der Waals surface area (Å²) in [6.45, 7) is 3.63. The normalized spacial score (nSPS) is 10.7. The molecule has 0 radical (unpaired) electrons. The fourth-order valence-corrected chi connectivity index (χ4v) is 1.64. The fourth-order valence-electron chi connectivity index (χ4n) is 1.64. The summed E-state index contributed by atoms with van der Waals surface area (Å²) >= 11 is 0. The van der Waals surface area contributed by atoms with Crippen LogP contribution in [0.4, 0.5) is 4.39 Å². The number of nitrogens with one attached hydrogen (secondary N) is 2. The van der Waals surface area contributed by atoms with Gasteiger partial charge in [0.25, 0.3) is 0 Å². The lowest BCUT2D eigenvalue weighted by atomic mass is 10.2. The Balaban J connectivity index is 2.33. The van der Waals surface area contributed by atoms with Gasteiger partial charge in [-0.15, -0.1) is 0 Å². The number of aromatic amines is 1. The first-order valence-electron chi connectivity index (χ1n) is 5.08. The Labute approximate surface area is 92.7 Å². The lowest BCUT2D eigenvalue weighted by Gasteiger charge is -1.97. The van der Waals surface area contributed by atoms with Crippen LogP contribution in [-0.2, 0) is 11.3 Å². The molecule has 3 nitrogen and oxygen atoms in total. The Hall–Kier alpha value is -1.84. The predicted molar refractivity (Wildman–Crippen MR) is 60.5 cm³/mol. The van der Waals surface area contributed by atoms with E-state index >= 15 is 0 Å². The van der Waals surface area contributed by atoms with Crippen LogP contribution in [0.2, 0.25) is 0 Å². The lowest BCUT2D eigenvalue weighted by molar-refractivity contribution is -0.119. The van der Waals surface area contributed by atoms with E-state index in [1.807, 2.05) is 6.07 Å². The number of fused-ring (bicyclic) bond motifs is 1. The molecule has 0 fully saturated rings. The van der Waals surface area contributed by atoms with Gasteiger partial charge in [0.05, 0.1) is 6.54 Å². The SMILES string of the molecule is CC(=O)NCc1cc2cc(F)c(C)cc2[nH]1. The molecule has 2 rings (SSSR count). The molecule has 1 aromatic carbocycles. The Morgan fingerprint density at radius 1 is 1.44 bits per heavy atom. The average molecular weight is 220 g/mol. The number of rotatable bonds is 2. The zero-order chi connectivity index (χ0) is 11.7. The largest absolute Gasteiger partial charge is 0.357 e. The van der Waals surface area contributed by atoms with Crippen LogP contribution < -0.4 is 5.32 Å². The number of carbonyl (C=O) groups is 1. The second-order valence-electron chi connectivity index (χ2n) is 3.89. The fraction of sp³-hybridized carbons (Fsp3) is 0.250. The van der Waals surface area contributed by atoms with Crippen molar-refractivity contribution in [1.82, 2.24) is 10.3 Å². The van der Waals surface area contributed by atoms with E-state index in [2.05, 4.69) is 10.3 Å². The van der Waals surface area contributed by atoms with Crippen LogP contribution in [-0.4, -0.2) is 10.9 Å². The standard InChI is InChI=1S/C12H13FN2O/c1-7-3-12-9(5-11(7)13)4-10(15-12)6-14-8(2)16/h3-5,15H,6H2,1-2H3,(H,14,16). The second kappa shape index (κ2) is 3.96. The third-order valence-corrected chi connectivity index (χ3v) is 2.48. The summed E-state index contributed by atoms with van der Waals surface area (Å²) in [5.74, 6) is -0.293. The zero-order valence-corrected chi connectivity index (χ0v) is 9.23. The molecule has 0 aliphatic carbocycles. The number of amides is 1. The third-order valence-electron chi connectivity index (χ3n) is 2.48. The minimum atomic E-state index is -0.211. The molecule has 0 aliphatic heterocycles. The number of hydrogen-bond acceptors (Lipinski definition) is 1. The van der Waals surface area contributed by atoms with Gasteiger partial charge >= 0.3 is 0 Å². The maximum atomic E-state index is 13.3.